The molecule has 2 aromatic rings. The van der Waals surface area contributed by atoms with E-state index in [1.807, 2.05) is 0 Å². The molecule has 0 saturated heterocycles. The van der Waals surface area contributed by atoms with Crippen LogP contribution in [0.1, 0.15) is 10.4 Å². The summed E-state index contributed by atoms with van der Waals surface area (Å²) in [4.78, 5) is 24.7. The van der Waals surface area contributed by atoms with Crippen LogP contribution in [0.25, 0.3) is 0 Å². The predicted octanol–water partition coefficient (Wildman–Crippen LogP) is 2.62. The van der Waals surface area contributed by atoms with Gasteiger partial charge < -0.3 is 9.84 Å². The number of hydrogen-bond acceptors (Lipinski definition) is 5. The highest BCUT2D eigenvalue weighted by atomic mass is 19.1. The Hall–Kier alpha value is -3.03. The van der Waals surface area contributed by atoms with E-state index in [2.05, 4.69) is 4.98 Å². The van der Waals surface area contributed by atoms with Gasteiger partial charge in [-0.25, -0.2) is 14.2 Å². The third-order valence-corrected chi connectivity index (χ3v) is 2.32. The number of benzene rings is 1. The van der Waals surface area contributed by atoms with Gasteiger partial charge >= 0.3 is 5.97 Å². The van der Waals surface area contributed by atoms with Crippen LogP contribution in [0.4, 0.5) is 10.1 Å². The first-order chi connectivity index (χ1) is 9.47. The van der Waals surface area contributed by atoms with Gasteiger partial charge in [0, 0.05) is 12.3 Å². The van der Waals surface area contributed by atoms with Crippen molar-refractivity contribution < 1.29 is 24.0 Å². The van der Waals surface area contributed by atoms with E-state index in [0.29, 0.717) is 0 Å². The van der Waals surface area contributed by atoms with Crippen LogP contribution in [-0.4, -0.2) is 21.0 Å². The summed E-state index contributed by atoms with van der Waals surface area (Å²) < 4.78 is 18.1. The van der Waals surface area contributed by atoms with E-state index in [-0.39, 0.29) is 17.3 Å². The van der Waals surface area contributed by atoms with Crippen LogP contribution in [0.15, 0.2) is 36.5 Å². The number of aromatic carboxylic acids is 1. The summed E-state index contributed by atoms with van der Waals surface area (Å²) in [6.07, 6.45) is 1.15. The fourth-order valence-electron chi connectivity index (χ4n) is 1.44. The topological polar surface area (TPSA) is 103 Å². The van der Waals surface area contributed by atoms with Crippen LogP contribution in [0.3, 0.4) is 0 Å². The number of pyridine rings is 1. The summed E-state index contributed by atoms with van der Waals surface area (Å²) in [6, 6.07) is 5.11. The number of nitrogens with zero attached hydrogens (tertiary/aromatic N) is 2. The van der Waals surface area contributed by atoms with Crippen molar-refractivity contribution in [3.05, 3.63) is 58.0 Å². The van der Waals surface area contributed by atoms with Crippen molar-refractivity contribution >= 4 is 11.7 Å². The maximum absolute atomic E-state index is 13.0. The number of ether oxygens (including phenoxy) is 1. The third-order valence-electron chi connectivity index (χ3n) is 2.32. The lowest BCUT2D eigenvalue weighted by atomic mass is 10.2. The van der Waals surface area contributed by atoms with Crippen molar-refractivity contribution in [3.8, 4) is 11.6 Å². The van der Waals surface area contributed by atoms with E-state index < -0.39 is 22.3 Å². The standard InChI is InChI=1S/C12H7FN2O5/c13-7-1-2-10(9(5-7)12(16)17)20-11-6-8(15(18)19)3-4-14-11/h1-6H,(H,16,17). The normalized spacial score (nSPS) is 10.1. The van der Waals surface area contributed by atoms with Crippen molar-refractivity contribution in [2.75, 3.05) is 0 Å². The van der Waals surface area contributed by atoms with Crippen LogP contribution in [-0.2, 0) is 0 Å². The van der Waals surface area contributed by atoms with Gasteiger partial charge in [0.05, 0.1) is 11.0 Å². The molecule has 8 heteroatoms. The fraction of sp³-hybridized carbons (Fsp3) is 0. The van der Waals surface area contributed by atoms with E-state index in [9.17, 15) is 19.3 Å². The Morgan fingerprint density at radius 1 is 1.35 bits per heavy atom. The lowest BCUT2D eigenvalue weighted by Gasteiger charge is -2.07. The lowest BCUT2D eigenvalue weighted by molar-refractivity contribution is -0.385. The number of aromatic nitrogens is 1. The minimum atomic E-state index is -1.38. The molecule has 0 unspecified atom stereocenters. The van der Waals surface area contributed by atoms with Gasteiger partial charge in [-0.15, -0.1) is 0 Å². The second-order valence-corrected chi connectivity index (χ2v) is 3.66. The average Bonchev–Trinajstić information content (AvgIpc) is 2.41. The molecule has 0 aliphatic heterocycles. The van der Waals surface area contributed by atoms with E-state index in [1.54, 1.807) is 0 Å². The highest BCUT2D eigenvalue weighted by Crippen LogP contribution is 2.26. The minimum absolute atomic E-state index is 0.159. The van der Waals surface area contributed by atoms with E-state index >= 15 is 0 Å². The maximum atomic E-state index is 13.0. The maximum Gasteiger partial charge on any atom is 0.339 e. The lowest BCUT2D eigenvalue weighted by Crippen LogP contribution is -2.01. The van der Waals surface area contributed by atoms with Gasteiger partial charge in [-0.3, -0.25) is 10.1 Å². The number of carboxylic acids is 1. The molecule has 7 nitrogen and oxygen atoms in total. The molecule has 0 spiro atoms. The number of carbonyl (C=O) groups is 1. The summed E-state index contributed by atoms with van der Waals surface area (Å²) >= 11 is 0. The molecule has 0 saturated carbocycles. The molecule has 0 atom stereocenters. The molecular formula is C12H7FN2O5. The third kappa shape index (κ3) is 2.86. The molecular weight excluding hydrogens is 271 g/mol. The van der Waals surface area contributed by atoms with Crippen LogP contribution >= 0.6 is 0 Å². The van der Waals surface area contributed by atoms with Gasteiger partial charge in [-0.1, -0.05) is 0 Å². The van der Waals surface area contributed by atoms with Crippen LogP contribution in [0.5, 0.6) is 11.6 Å². The molecule has 2 rings (SSSR count). The Morgan fingerprint density at radius 3 is 2.75 bits per heavy atom. The summed E-state index contributed by atoms with van der Waals surface area (Å²) in [7, 11) is 0. The van der Waals surface area contributed by atoms with E-state index in [4.69, 9.17) is 9.84 Å². The molecule has 0 bridgehead atoms. The summed E-state index contributed by atoms with van der Waals surface area (Å²) in [5.41, 5.74) is -0.660. The zero-order chi connectivity index (χ0) is 14.7. The molecule has 1 N–H and O–H groups in total. The van der Waals surface area contributed by atoms with Gasteiger partial charge in [0.2, 0.25) is 5.88 Å². The van der Waals surface area contributed by atoms with Crippen molar-refractivity contribution in [1.82, 2.24) is 4.98 Å². The Kier molecular flexibility index (Phi) is 3.56. The molecule has 0 aliphatic carbocycles. The molecule has 1 aromatic carbocycles. The van der Waals surface area contributed by atoms with Gasteiger partial charge in [-0.05, 0) is 18.2 Å². The second-order valence-electron chi connectivity index (χ2n) is 3.66. The fourth-order valence-corrected chi connectivity index (χ4v) is 1.44. The summed E-state index contributed by atoms with van der Waals surface area (Å²) in [6.45, 7) is 0. The molecule has 102 valence electrons. The van der Waals surface area contributed by atoms with Crippen molar-refractivity contribution in [2.45, 2.75) is 0 Å². The van der Waals surface area contributed by atoms with Gasteiger partial charge in [0.15, 0.2) is 0 Å². The summed E-state index contributed by atoms with van der Waals surface area (Å²) in [5.74, 6) is -2.44. The Bertz CT molecular complexity index is 689. The molecule has 0 radical (unpaired) electrons. The van der Waals surface area contributed by atoms with Crippen LogP contribution in [0.2, 0.25) is 0 Å². The van der Waals surface area contributed by atoms with Crippen LogP contribution in [0, 0.1) is 15.9 Å². The van der Waals surface area contributed by atoms with Crippen molar-refractivity contribution in [2.24, 2.45) is 0 Å². The molecule has 0 fully saturated rings. The number of hydrogen-bond donors (Lipinski definition) is 1. The van der Waals surface area contributed by atoms with E-state index in [0.717, 1.165) is 36.5 Å². The number of carboxylic acid groups (broad SMARTS) is 1. The van der Waals surface area contributed by atoms with E-state index in [1.165, 1.54) is 0 Å². The van der Waals surface area contributed by atoms with Crippen molar-refractivity contribution in [3.63, 3.8) is 0 Å². The minimum Gasteiger partial charge on any atom is -0.478 e. The van der Waals surface area contributed by atoms with Gasteiger partial charge in [-0.2, -0.15) is 0 Å². The quantitative estimate of drug-likeness (QED) is 0.681. The molecule has 1 heterocycles. The predicted molar refractivity (Wildman–Crippen MR) is 64.3 cm³/mol. The first-order valence-corrected chi connectivity index (χ1v) is 5.28. The number of nitro groups is 1. The molecule has 1 aromatic heterocycles. The zero-order valence-electron chi connectivity index (χ0n) is 9.82. The molecule has 20 heavy (non-hydrogen) atoms. The van der Waals surface area contributed by atoms with Crippen LogP contribution < -0.4 is 4.74 Å². The molecule has 0 aliphatic rings. The van der Waals surface area contributed by atoms with Gasteiger partial charge in [0.25, 0.3) is 5.69 Å². The highest BCUT2D eigenvalue weighted by Gasteiger charge is 2.15. The zero-order valence-corrected chi connectivity index (χ0v) is 9.82. The highest BCUT2D eigenvalue weighted by molar-refractivity contribution is 5.90. The monoisotopic (exact) mass is 278 g/mol. The average molecular weight is 278 g/mol. The first-order valence-electron chi connectivity index (χ1n) is 5.28. The SMILES string of the molecule is O=C(O)c1cc(F)ccc1Oc1cc([N+](=O)[O-])ccn1. The first kappa shape index (κ1) is 13.4. The summed E-state index contributed by atoms with van der Waals surface area (Å²) in [5, 5.41) is 19.5. The van der Waals surface area contributed by atoms with Gasteiger partial charge in [0.1, 0.15) is 17.1 Å². The molecule has 0 amide bonds. The Morgan fingerprint density at radius 2 is 2.10 bits per heavy atom. The Balaban J connectivity index is 2.37. The second kappa shape index (κ2) is 5.31. The smallest absolute Gasteiger partial charge is 0.339 e. The number of halogens is 1. The Labute approximate surface area is 111 Å². The number of rotatable bonds is 4. The van der Waals surface area contributed by atoms with Crippen molar-refractivity contribution in [1.29, 1.82) is 0 Å². The largest absolute Gasteiger partial charge is 0.478 e.